The van der Waals surface area contributed by atoms with E-state index in [4.69, 9.17) is 0 Å². The lowest BCUT2D eigenvalue weighted by molar-refractivity contribution is -0.138. The Morgan fingerprint density at radius 3 is 1.19 bits per heavy atom. The van der Waals surface area contributed by atoms with E-state index in [0.29, 0.717) is 18.2 Å². The predicted molar refractivity (Wildman–Crippen MR) is 169 cm³/mol. The summed E-state index contributed by atoms with van der Waals surface area (Å²) < 4.78 is 83.5. The third kappa shape index (κ3) is 5.21. The van der Waals surface area contributed by atoms with Crippen molar-refractivity contribution in [1.29, 1.82) is 52.6 Å². The van der Waals surface area contributed by atoms with Gasteiger partial charge in [0.15, 0.2) is 0 Å². The van der Waals surface area contributed by atoms with Crippen LogP contribution in [0.3, 0.4) is 0 Å². The second-order valence-corrected chi connectivity index (χ2v) is 10.9. The summed E-state index contributed by atoms with van der Waals surface area (Å²) in [4.78, 5) is 0. The molecule has 0 unspecified atom stereocenters. The molecule has 54 heavy (non-hydrogen) atoms. The summed E-state index contributed by atoms with van der Waals surface area (Å²) in [5, 5.41) is 101. The van der Waals surface area contributed by atoms with E-state index in [2.05, 4.69) is 0 Å². The van der Waals surface area contributed by atoms with Gasteiger partial charge < -0.3 is 0 Å². The van der Waals surface area contributed by atoms with Crippen LogP contribution in [0.5, 0.6) is 0 Å². The molecule has 0 saturated heterocycles. The molecule has 0 atom stereocenters. The first kappa shape index (κ1) is 36.4. The fraction of sp³-hybridized carbons (Fsp3) is 0.0526. The van der Waals surface area contributed by atoms with E-state index in [-0.39, 0.29) is 5.56 Å². The van der Waals surface area contributed by atoms with Crippen LogP contribution in [0.1, 0.15) is 66.8 Å². The summed E-state index contributed by atoms with van der Waals surface area (Å²) in [7, 11) is 0. The van der Waals surface area contributed by atoms with Gasteiger partial charge >= 0.3 is 12.4 Å². The molecule has 0 radical (unpaired) electrons. The Hall–Kier alpha value is -8.90. The van der Waals surface area contributed by atoms with Crippen molar-refractivity contribution in [2.45, 2.75) is 12.4 Å². The van der Waals surface area contributed by atoms with Crippen molar-refractivity contribution in [2.24, 2.45) is 0 Å². The van der Waals surface area contributed by atoms with Crippen molar-refractivity contribution in [2.75, 3.05) is 0 Å². The van der Waals surface area contributed by atoms with Gasteiger partial charge in [0, 0.05) is 44.5 Å². The van der Waals surface area contributed by atoms with Crippen LogP contribution < -0.4 is 0 Å². The number of fused-ring (bicyclic) bond motifs is 2. The molecular weight excluding hydrogens is 710 g/mol. The van der Waals surface area contributed by atoms with Crippen LogP contribution in [-0.4, -0.2) is 0 Å². The highest BCUT2D eigenvalue weighted by Crippen LogP contribution is 2.58. The summed E-state index contributed by atoms with van der Waals surface area (Å²) in [6, 6.07) is 20.2. The SMILES string of the molecule is N#CC(C#N)=C1C(c2ccc(C(F)(F)F)c(C#N)c2)=C(C#N)c2c(C#N)c3c(c(C#N)c21)C(C#N)=C(c1ccc(C#N)c(C(F)(F)F)c1)C3=C(C#N)C#N. The van der Waals surface area contributed by atoms with Crippen LogP contribution in [0.4, 0.5) is 26.3 Å². The van der Waals surface area contributed by atoms with E-state index in [1.54, 1.807) is 48.6 Å². The molecule has 16 heteroatoms. The van der Waals surface area contributed by atoms with Gasteiger partial charge in [0.25, 0.3) is 0 Å². The van der Waals surface area contributed by atoms with E-state index >= 15 is 0 Å². The molecule has 0 bridgehead atoms. The van der Waals surface area contributed by atoms with E-state index < -0.39 is 118 Å². The zero-order chi connectivity index (χ0) is 39.9. The lowest BCUT2D eigenvalue weighted by Gasteiger charge is -2.16. The lowest BCUT2D eigenvalue weighted by atomic mass is 9.82. The molecule has 10 nitrogen and oxygen atoms in total. The van der Waals surface area contributed by atoms with Gasteiger partial charge in [0.1, 0.15) is 59.7 Å². The maximum absolute atomic E-state index is 14.1. The zero-order valence-corrected chi connectivity index (χ0v) is 26.2. The molecule has 0 heterocycles. The summed E-state index contributed by atoms with van der Waals surface area (Å²) in [5.74, 6) is 0. The first-order valence-electron chi connectivity index (χ1n) is 14.3. The van der Waals surface area contributed by atoms with Crippen molar-refractivity contribution >= 4 is 33.4 Å². The first-order chi connectivity index (χ1) is 25.7. The van der Waals surface area contributed by atoms with Crippen molar-refractivity contribution < 1.29 is 26.3 Å². The van der Waals surface area contributed by atoms with Crippen molar-refractivity contribution in [3.05, 3.63) is 114 Å². The van der Waals surface area contributed by atoms with Gasteiger partial charge in [-0.2, -0.15) is 79.0 Å². The molecule has 2 aliphatic rings. The Bertz CT molecular complexity index is 2870. The summed E-state index contributed by atoms with van der Waals surface area (Å²) >= 11 is 0. The minimum absolute atomic E-state index is 0.349. The third-order valence-electron chi connectivity index (χ3n) is 8.36. The Morgan fingerprint density at radius 1 is 0.426 bits per heavy atom. The maximum Gasteiger partial charge on any atom is 0.417 e. The minimum Gasteiger partial charge on any atom is -0.192 e. The topological polar surface area (TPSA) is 238 Å². The number of hydrogen-bond donors (Lipinski definition) is 0. The van der Waals surface area contributed by atoms with Gasteiger partial charge in [-0.05, 0) is 35.4 Å². The molecule has 0 amide bonds. The fourth-order valence-corrected chi connectivity index (χ4v) is 6.37. The van der Waals surface area contributed by atoms with E-state index in [1.165, 1.54) is 12.1 Å². The van der Waals surface area contributed by atoms with Crippen LogP contribution >= 0.6 is 0 Å². The van der Waals surface area contributed by atoms with Gasteiger partial charge in [-0.15, -0.1) is 0 Å². The molecule has 5 rings (SSSR count). The molecule has 0 saturated carbocycles. The van der Waals surface area contributed by atoms with Gasteiger partial charge in [-0.3, -0.25) is 0 Å². The van der Waals surface area contributed by atoms with Crippen molar-refractivity contribution in [1.82, 2.24) is 0 Å². The molecule has 2 aliphatic carbocycles. The Labute approximate surface area is 299 Å². The van der Waals surface area contributed by atoms with Crippen LogP contribution in [0.2, 0.25) is 0 Å². The zero-order valence-electron chi connectivity index (χ0n) is 26.2. The minimum atomic E-state index is -5.13. The smallest absolute Gasteiger partial charge is 0.192 e. The van der Waals surface area contributed by atoms with Gasteiger partial charge in [0.2, 0.25) is 0 Å². The highest BCUT2D eigenvalue weighted by molar-refractivity contribution is 6.32. The average Bonchev–Trinajstić information content (AvgIpc) is 3.67. The summed E-state index contributed by atoms with van der Waals surface area (Å²) in [6.45, 7) is 0. The predicted octanol–water partition coefficient (Wildman–Crippen LogP) is 7.71. The molecule has 3 aromatic rings. The Balaban J connectivity index is 2.08. The number of hydrogen-bond acceptors (Lipinski definition) is 10. The van der Waals surface area contributed by atoms with E-state index in [0.717, 1.165) is 18.2 Å². The molecule has 250 valence electrons. The van der Waals surface area contributed by atoms with Crippen LogP contribution in [0.15, 0.2) is 47.5 Å². The standard InChI is InChI=1S/C38H6F6N10/c39-37(40,41)27-4-3-17(5-20(27)8-46)29-23(13-51)33-25(15-53)36-32(22(11-49)12-50)30(18-1-2-19(7-45)28(6-18)38(42,43)44)24(14-52)34(36)26(16-54)35(33)31(29)21(9-47)10-48/h1-6H. The normalized spacial score (nSPS) is 12.6. The average molecular weight is 717 g/mol. The van der Waals surface area contributed by atoms with Gasteiger partial charge in [-0.25, -0.2) is 0 Å². The molecule has 0 spiro atoms. The fourth-order valence-electron chi connectivity index (χ4n) is 6.37. The summed E-state index contributed by atoms with van der Waals surface area (Å²) in [5.41, 5.74) is -14.2. The second-order valence-electron chi connectivity index (χ2n) is 10.9. The number of rotatable bonds is 2. The largest absolute Gasteiger partial charge is 0.417 e. The quantitative estimate of drug-likeness (QED) is 0.185. The van der Waals surface area contributed by atoms with Gasteiger partial charge in [-0.1, -0.05) is 12.1 Å². The number of allylic oxidation sites excluding steroid dienone is 8. The molecular formula is C38H6F6N10. The lowest BCUT2D eigenvalue weighted by Crippen LogP contribution is -2.08. The van der Waals surface area contributed by atoms with Crippen molar-refractivity contribution in [3.8, 4) is 60.7 Å². The molecule has 0 aliphatic heterocycles. The first-order valence-corrected chi connectivity index (χ1v) is 14.3. The number of halogens is 6. The number of nitriles is 10. The number of nitrogens with zero attached hydrogens (tertiary/aromatic N) is 10. The maximum atomic E-state index is 14.1. The van der Waals surface area contributed by atoms with Crippen LogP contribution in [0, 0.1) is 113 Å². The molecule has 0 fully saturated rings. The van der Waals surface area contributed by atoms with Gasteiger partial charge in [0.05, 0.1) is 56.7 Å². The Kier molecular flexibility index (Phi) is 8.82. The highest BCUT2D eigenvalue weighted by Gasteiger charge is 2.44. The molecule has 0 N–H and O–H groups in total. The Morgan fingerprint density at radius 2 is 0.833 bits per heavy atom. The van der Waals surface area contributed by atoms with Crippen LogP contribution in [-0.2, 0) is 12.4 Å². The van der Waals surface area contributed by atoms with Crippen LogP contribution in [0.25, 0.3) is 33.4 Å². The molecule has 3 aromatic carbocycles. The third-order valence-corrected chi connectivity index (χ3v) is 8.36. The number of benzene rings is 3. The molecule has 0 aromatic heterocycles. The highest BCUT2D eigenvalue weighted by atomic mass is 19.4. The second kappa shape index (κ2) is 13.1. The summed E-state index contributed by atoms with van der Waals surface area (Å²) in [6.07, 6.45) is -10.2. The monoisotopic (exact) mass is 716 g/mol. The van der Waals surface area contributed by atoms with E-state index in [9.17, 15) is 79.0 Å². The van der Waals surface area contributed by atoms with Crippen molar-refractivity contribution in [3.63, 3.8) is 0 Å². The van der Waals surface area contributed by atoms with E-state index in [1.807, 2.05) is 0 Å². The number of alkyl halides is 6.